The van der Waals surface area contributed by atoms with Crippen LogP contribution >= 0.6 is 27.7 Å². The summed E-state index contributed by atoms with van der Waals surface area (Å²) in [7, 11) is -4.15. The van der Waals surface area contributed by atoms with Gasteiger partial charge < -0.3 is 15.0 Å². The molecule has 1 fully saturated rings. The van der Waals surface area contributed by atoms with Crippen molar-refractivity contribution in [3.05, 3.63) is 82.8 Å². The largest absolute Gasteiger partial charge is 0.494 e. The number of nitrogens with zero attached hydrogens (tertiary/aromatic N) is 2. The lowest BCUT2D eigenvalue weighted by Crippen LogP contribution is -2.53. The molecular formula is C33H40BrN3O5S2. The van der Waals surface area contributed by atoms with E-state index in [-0.39, 0.29) is 23.4 Å². The Morgan fingerprint density at radius 3 is 2.32 bits per heavy atom. The molecule has 3 aromatic carbocycles. The van der Waals surface area contributed by atoms with Crippen molar-refractivity contribution in [2.45, 2.75) is 74.4 Å². The van der Waals surface area contributed by atoms with Gasteiger partial charge in [-0.15, -0.1) is 11.8 Å². The molecule has 11 heteroatoms. The smallest absolute Gasteiger partial charge is 0.264 e. The Labute approximate surface area is 273 Å². The maximum atomic E-state index is 14.2. The Morgan fingerprint density at radius 2 is 1.70 bits per heavy atom. The maximum Gasteiger partial charge on any atom is 0.264 e. The first-order valence-electron chi connectivity index (χ1n) is 14.9. The summed E-state index contributed by atoms with van der Waals surface area (Å²) in [6.07, 6.45) is 7.03. The van der Waals surface area contributed by atoms with Gasteiger partial charge in [0.25, 0.3) is 10.0 Å². The zero-order chi connectivity index (χ0) is 31.7. The van der Waals surface area contributed by atoms with Gasteiger partial charge in [-0.1, -0.05) is 47.3 Å². The summed E-state index contributed by atoms with van der Waals surface area (Å²) in [5.41, 5.74) is 1.13. The van der Waals surface area contributed by atoms with E-state index in [0.717, 1.165) is 51.3 Å². The minimum atomic E-state index is -4.15. The van der Waals surface area contributed by atoms with Crippen LogP contribution in [0.2, 0.25) is 0 Å². The molecule has 0 unspecified atom stereocenters. The van der Waals surface area contributed by atoms with Crippen LogP contribution in [0, 0.1) is 0 Å². The van der Waals surface area contributed by atoms with Crippen molar-refractivity contribution < 1.29 is 22.7 Å². The number of sulfonamides is 1. The number of carbonyl (C=O) groups is 2. The predicted octanol–water partition coefficient (Wildman–Crippen LogP) is 6.63. The highest BCUT2D eigenvalue weighted by molar-refractivity contribution is 9.10. The quantitative estimate of drug-likeness (QED) is 0.201. The molecule has 0 saturated heterocycles. The van der Waals surface area contributed by atoms with E-state index in [1.54, 1.807) is 55.5 Å². The van der Waals surface area contributed by atoms with Crippen LogP contribution in [0.5, 0.6) is 5.75 Å². The number of rotatable bonds is 13. The molecule has 3 aromatic rings. The Kier molecular flexibility index (Phi) is 12.2. The molecule has 4 rings (SSSR count). The number of benzene rings is 3. The Morgan fingerprint density at radius 1 is 1.02 bits per heavy atom. The van der Waals surface area contributed by atoms with Crippen LogP contribution in [-0.2, 0) is 26.2 Å². The number of amides is 2. The molecule has 0 bridgehead atoms. The number of carbonyl (C=O) groups excluding carboxylic acids is 2. The number of hydrogen-bond acceptors (Lipinski definition) is 6. The highest BCUT2D eigenvalue weighted by Crippen LogP contribution is 2.28. The molecule has 0 radical (unpaired) electrons. The normalized spacial score (nSPS) is 14.5. The van der Waals surface area contributed by atoms with Gasteiger partial charge in [0.15, 0.2) is 0 Å². The molecule has 0 aromatic heterocycles. The van der Waals surface area contributed by atoms with Crippen molar-refractivity contribution in [2.75, 3.05) is 23.7 Å². The fourth-order valence-corrected chi connectivity index (χ4v) is 7.53. The zero-order valence-corrected chi connectivity index (χ0v) is 28.6. The molecule has 8 nitrogen and oxygen atoms in total. The van der Waals surface area contributed by atoms with E-state index in [2.05, 4.69) is 21.2 Å². The van der Waals surface area contributed by atoms with Crippen molar-refractivity contribution in [2.24, 2.45) is 0 Å². The minimum Gasteiger partial charge on any atom is -0.494 e. The fraction of sp³-hybridized carbons (Fsp3) is 0.394. The van der Waals surface area contributed by atoms with E-state index in [9.17, 15) is 18.0 Å². The van der Waals surface area contributed by atoms with Gasteiger partial charge in [-0.3, -0.25) is 13.9 Å². The number of thioether (sulfide) groups is 1. The third kappa shape index (κ3) is 8.79. The molecule has 1 atom stereocenters. The lowest BCUT2D eigenvalue weighted by atomic mass is 9.95. The van der Waals surface area contributed by atoms with Crippen LogP contribution in [0.15, 0.2) is 87.1 Å². The molecule has 0 aliphatic heterocycles. The van der Waals surface area contributed by atoms with Crippen molar-refractivity contribution >= 4 is 55.2 Å². The summed E-state index contributed by atoms with van der Waals surface area (Å²) < 4.78 is 35.7. The van der Waals surface area contributed by atoms with Gasteiger partial charge in [0.2, 0.25) is 11.8 Å². The average molecular weight is 703 g/mol. The number of halogens is 1. The van der Waals surface area contributed by atoms with Crippen molar-refractivity contribution in [1.82, 2.24) is 10.2 Å². The first kappa shape index (κ1) is 33.9. The highest BCUT2D eigenvalue weighted by atomic mass is 79.9. The minimum absolute atomic E-state index is 0.0682. The number of hydrogen-bond donors (Lipinski definition) is 1. The molecule has 0 heterocycles. The molecule has 1 N–H and O–H groups in total. The average Bonchev–Trinajstić information content (AvgIpc) is 3.03. The topological polar surface area (TPSA) is 96.0 Å². The molecule has 2 amide bonds. The lowest BCUT2D eigenvalue weighted by Gasteiger charge is -2.33. The monoisotopic (exact) mass is 701 g/mol. The first-order valence-corrected chi connectivity index (χ1v) is 18.3. The van der Waals surface area contributed by atoms with Crippen LogP contribution in [0.1, 0.15) is 51.5 Å². The van der Waals surface area contributed by atoms with Gasteiger partial charge in [0.1, 0.15) is 18.3 Å². The standard InChI is InChI=1S/C33H40BrN3O5S2/c1-4-42-29-15-13-28(14-16-29)37(44(40,41)31-19-17-30(43-3)18-20-31)23-32(38)36(22-25-9-8-10-26(34)21-25)24(2)33(39)35-27-11-6-5-7-12-27/h8-10,13-21,24,27H,4-7,11-12,22-23H2,1-3H3,(H,35,39)/t24-/m1/s1. The van der Waals surface area contributed by atoms with Crippen LogP contribution in [0.4, 0.5) is 5.69 Å². The van der Waals surface area contributed by atoms with E-state index < -0.39 is 28.5 Å². The Bertz CT molecular complexity index is 1510. The second-order valence-corrected chi connectivity index (χ2v) is 14.4. The lowest BCUT2D eigenvalue weighted by molar-refractivity contribution is -0.139. The van der Waals surface area contributed by atoms with Gasteiger partial charge in [-0.25, -0.2) is 8.42 Å². The summed E-state index contributed by atoms with van der Waals surface area (Å²) in [6, 6.07) is 20.0. The SMILES string of the molecule is CCOc1ccc(N(CC(=O)N(Cc2cccc(Br)c2)[C@H](C)C(=O)NC2CCCCC2)S(=O)(=O)c2ccc(SC)cc2)cc1. The van der Waals surface area contributed by atoms with E-state index in [1.165, 1.54) is 16.7 Å². The van der Waals surface area contributed by atoms with E-state index >= 15 is 0 Å². The predicted molar refractivity (Wildman–Crippen MR) is 180 cm³/mol. The van der Waals surface area contributed by atoms with Crippen LogP contribution in [0.25, 0.3) is 0 Å². The second kappa shape index (κ2) is 15.8. The molecule has 1 saturated carbocycles. The third-order valence-electron chi connectivity index (χ3n) is 7.72. The maximum absolute atomic E-state index is 14.2. The summed E-state index contributed by atoms with van der Waals surface area (Å²) in [4.78, 5) is 30.1. The van der Waals surface area contributed by atoms with E-state index in [1.807, 2.05) is 37.4 Å². The number of anilines is 1. The number of ether oxygens (including phenoxy) is 1. The van der Waals surface area contributed by atoms with Gasteiger partial charge in [-0.2, -0.15) is 0 Å². The zero-order valence-electron chi connectivity index (χ0n) is 25.4. The highest BCUT2D eigenvalue weighted by Gasteiger charge is 2.33. The summed E-state index contributed by atoms with van der Waals surface area (Å²) >= 11 is 5.00. The second-order valence-electron chi connectivity index (χ2n) is 10.8. The van der Waals surface area contributed by atoms with Gasteiger partial charge in [-0.05, 0) is 99.2 Å². The Balaban J connectivity index is 1.68. The Hall–Kier alpha value is -3.02. The van der Waals surface area contributed by atoms with Crippen molar-refractivity contribution in [3.8, 4) is 5.75 Å². The number of nitrogens with one attached hydrogen (secondary N) is 1. The fourth-order valence-electron chi connectivity index (χ4n) is 5.26. The van der Waals surface area contributed by atoms with E-state index in [0.29, 0.717) is 18.0 Å². The summed E-state index contributed by atoms with van der Waals surface area (Å²) in [5, 5.41) is 3.13. The molecule has 44 heavy (non-hydrogen) atoms. The van der Waals surface area contributed by atoms with E-state index in [4.69, 9.17) is 4.74 Å². The summed E-state index contributed by atoms with van der Waals surface area (Å²) in [6.45, 7) is 3.68. The molecule has 1 aliphatic rings. The van der Waals surface area contributed by atoms with Gasteiger partial charge >= 0.3 is 0 Å². The van der Waals surface area contributed by atoms with Crippen molar-refractivity contribution in [1.29, 1.82) is 0 Å². The van der Waals surface area contributed by atoms with Gasteiger partial charge in [0, 0.05) is 22.0 Å². The first-order chi connectivity index (χ1) is 21.1. The van der Waals surface area contributed by atoms with Crippen LogP contribution in [-0.4, -0.2) is 56.6 Å². The molecule has 0 spiro atoms. The third-order valence-corrected chi connectivity index (χ3v) is 10.7. The van der Waals surface area contributed by atoms with Crippen LogP contribution < -0.4 is 14.4 Å². The molecular weight excluding hydrogens is 662 g/mol. The molecule has 236 valence electrons. The molecule has 1 aliphatic carbocycles. The van der Waals surface area contributed by atoms with Crippen molar-refractivity contribution in [3.63, 3.8) is 0 Å². The summed E-state index contributed by atoms with van der Waals surface area (Å²) in [5.74, 6) is -0.147. The van der Waals surface area contributed by atoms with Crippen LogP contribution in [0.3, 0.4) is 0 Å². The van der Waals surface area contributed by atoms with Gasteiger partial charge in [0.05, 0.1) is 17.2 Å².